The van der Waals surface area contributed by atoms with Crippen molar-refractivity contribution in [3.8, 4) is 0 Å². The summed E-state index contributed by atoms with van der Waals surface area (Å²) in [5, 5.41) is 2.86. The molecule has 2 aromatic rings. The highest BCUT2D eigenvalue weighted by molar-refractivity contribution is 5.78. The Labute approximate surface area is 129 Å². The monoisotopic (exact) mass is 299 g/mol. The Morgan fingerprint density at radius 3 is 2.59 bits per heavy atom. The molecule has 1 heterocycles. The van der Waals surface area contributed by atoms with Crippen LogP contribution in [0.3, 0.4) is 0 Å². The molecule has 0 saturated carbocycles. The number of nitrogens with one attached hydrogen (secondary N) is 2. The molecule has 0 fully saturated rings. The van der Waals surface area contributed by atoms with Gasteiger partial charge in [-0.3, -0.25) is 9.59 Å². The van der Waals surface area contributed by atoms with Gasteiger partial charge in [0, 0.05) is 17.8 Å². The van der Waals surface area contributed by atoms with E-state index >= 15 is 0 Å². The molecule has 0 aliphatic rings. The molecule has 1 amide bonds. The van der Waals surface area contributed by atoms with E-state index in [0.29, 0.717) is 23.6 Å². The topological polar surface area (TPSA) is 74.8 Å². The summed E-state index contributed by atoms with van der Waals surface area (Å²) in [6.45, 7) is 7.98. The SMILES string of the molecule is Cc1ccc(CNC(=O)Cc2c(C)nc(C)[nH]c2=O)c(C)c1. The molecule has 0 saturated heterocycles. The Bertz CT molecular complexity index is 763. The average molecular weight is 299 g/mol. The van der Waals surface area contributed by atoms with Crippen LogP contribution in [0.5, 0.6) is 0 Å². The normalized spacial score (nSPS) is 10.5. The molecule has 0 aliphatic heterocycles. The number of H-pyrrole nitrogens is 1. The van der Waals surface area contributed by atoms with E-state index in [1.807, 2.05) is 26.0 Å². The molecule has 0 spiro atoms. The van der Waals surface area contributed by atoms with Crippen molar-refractivity contribution >= 4 is 5.91 Å². The quantitative estimate of drug-likeness (QED) is 0.905. The van der Waals surface area contributed by atoms with Crippen molar-refractivity contribution in [3.05, 3.63) is 62.3 Å². The van der Waals surface area contributed by atoms with Crippen LogP contribution in [-0.2, 0) is 17.8 Å². The van der Waals surface area contributed by atoms with Crippen LogP contribution in [0, 0.1) is 27.7 Å². The molecule has 0 radical (unpaired) electrons. The summed E-state index contributed by atoms with van der Waals surface area (Å²) in [7, 11) is 0. The first kappa shape index (κ1) is 15.9. The molecule has 2 N–H and O–H groups in total. The Morgan fingerprint density at radius 1 is 1.23 bits per heavy atom. The molecule has 5 heteroatoms. The lowest BCUT2D eigenvalue weighted by Gasteiger charge is -2.09. The third-order valence-electron chi connectivity index (χ3n) is 3.65. The lowest BCUT2D eigenvalue weighted by Crippen LogP contribution is -2.29. The minimum atomic E-state index is -0.244. The van der Waals surface area contributed by atoms with Crippen molar-refractivity contribution in [1.82, 2.24) is 15.3 Å². The van der Waals surface area contributed by atoms with Gasteiger partial charge in [0.05, 0.1) is 6.42 Å². The lowest BCUT2D eigenvalue weighted by molar-refractivity contribution is -0.120. The van der Waals surface area contributed by atoms with Gasteiger partial charge in [-0.2, -0.15) is 0 Å². The van der Waals surface area contributed by atoms with Gasteiger partial charge in [-0.15, -0.1) is 0 Å². The zero-order chi connectivity index (χ0) is 16.3. The van der Waals surface area contributed by atoms with Crippen LogP contribution in [0.1, 0.15) is 33.8 Å². The number of carbonyl (C=O) groups is 1. The van der Waals surface area contributed by atoms with E-state index in [1.54, 1.807) is 13.8 Å². The Balaban J connectivity index is 2.03. The van der Waals surface area contributed by atoms with Crippen LogP contribution < -0.4 is 10.9 Å². The van der Waals surface area contributed by atoms with Crippen molar-refractivity contribution in [2.75, 3.05) is 0 Å². The summed E-state index contributed by atoms with van der Waals surface area (Å²) >= 11 is 0. The lowest BCUT2D eigenvalue weighted by atomic mass is 10.1. The van der Waals surface area contributed by atoms with Gasteiger partial charge < -0.3 is 10.3 Å². The molecule has 0 atom stereocenters. The standard InChI is InChI=1S/C17H21N3O2/c1-10-5-6-14(11(2)7-10)9-18-16(21)8-15-12(3)19-13(4)20-17(15)22/h5-7H,8-9H2,1-4H3,(H,18,21)(H,19,20,22). The summed E-state index contributed by atoms with van der Waals surface area (Å²) in [5.41, 5.74) is 4.19. The maximum atomic E-state index is 12.1. The summed E-state index contributed by atoms with van der Waals surface area (Å²) < 4.78 is 0. The Hall–Kier alpha value is -2.43. The molecule has 5 nitrogen and oxygen atoms in total. The number of rotatable bonds is 4. The summed E-state index contributed by atoms with van der Waals surface area (Å²) in [4.78, 5) is 30.8. The molecular weight excluding hydrogens is 278 g/mol. The number of benzene rings is 1. The number of hydrogen-bond acceptors (Lipinski definition) is 3. The highest BCUT2D eigenvalue weighted by Gasteiger charge is 2.12. The number of carbonyl (C=O) groups excluding carboxylic acids is 1. The van der Waals surface area contributed by atoms with E-state index in [-0.39, 0.29) is 17.9 Å². The van der Waals surface area contributed by atoms with Crippen LogP contribution in [0.25, 0.3) is 0 Å². The molecular formula is C17H21N3O2. The first-order valence-electron chi connectivity index (χ1n) is 7.26. The van der Waals surface area contributed by atoms with E-state index in [1.165, 1.54) is 5.56 Å². The maximum absolute atomic E-state index is 12.1. The second-order valence-corrected chi connectivity index (χ2v) is 5.60. The highest BCUT2D eigenvalue weighted by Crippen LogP contribution is 2.10. The van der Waals surface area contributed by atoms with E-state index < -0.39 is 0 Å². The van der Waals surface area contributed by atoms with E-state index in [9.17, 15) is 9.59 Å². The maximum Gasteiger partial charge on any atom is 0.254 e. The highest BCUT2D eigenvalue weighted by atomic mass is 16.2. The average Bonchev–Trinajstić information content (AvgIpc) is 2.42. The minimum Gasteiger partial charge on any atom is -0.352 e. The van der Waals surface area contributed by atoms with Gasteiger partial charge in [-0.05, 0) is 38.8 Å². The second-order valence-electron chi connectivity index (χ2n) is 5.60. The minimum absolute atomic E-state index is 0.0410. The molecule has 0 unspecified atom stereocenters. The molecule has 2 rings (SSSR count). The number of nitrogens with zero attached hydrogens (tertiary/aromatic N) is 1. The number of aryl methyl sites for hydroxylation is 4. The molecule has 1 aromatic carbocycles. The zero-order valence-electron chi connectivity index (χ0n) is 13.4. The van der Waals surface area contributed by atoms with E-state index in [0.717, 1.165) is 11.1 Å². The van der Waals surface area contributed by atoms with Crippen LogP contribution in [0.15, 0.2) is 23.0 Å². The van der Waals surface area contributed by atoms with Crippen molar-refractivity contribution in [1.29, 1.82) is 0 Å². The predicted octanol–water partition coefficient (Wildman–Crippen LogP) is 1.86. The zero-order valence-corrected chi connectivity index (χ0v) is 13.4. The molecule has 116 valence electrons. The summed E-state index contributed by atoms with van der Waals surface area (Å²) in [6.07, 6.45) is 0.0410. The molecule has 1 aromatic heterocycles. The first-order valence-corrected chi connectivity index (χ1v) is 7.26. The number of hydrogen-bond donors (Lipinski definition) is 2. The molecule has 22 heavy (non-hydrogen) atoms. The van der Waals surface area contributed by atoms with Crippen LogP contribution in [-0.4, -0.2) is 15.9 Å². The first-order chi connectivity index (χ1) is 10.4. The third kappa shape index (κ3) is 3.81. The van der Waals surface area contributed by atoms with Gasteiger partial charge in [0.2, 0.25) is 5.91 Å². The number of aromatic amines is 1. The largest absolute Gasteiger partial charge is 0.352 e. The van der Waals surface area contributed by atoms with Crippen LogP contribution in [0.2, 0.25) is 0 Å². The van der Waals surface area contributed by atoms with Gasteiger partial charge in [-0.1, -0.05) is 23.8 Å². The Morgan fingerprint density at radius 2 is 1.95 bits per heavy atom. The van der Waals surface area contributed by atoms with Crippen molar-refractivity contribution in [2.45, 2.75) is 40.7 Å². The molecule has 0 bridgehead atoms. The smallest absolute Gasteiger partial charge is 0.254 e. The number of amides is 1. The Kier molecular flexibility index (Phi) is 4.75. The van der Waals surface area contributed by atoms with Crippen LogP contribution >= 0.6 is 0 Å². The fourth-order valence-electron chi connectivity index (χ4n) is 2.42. The van der Waals surface area contributed by atoms with Gasteiger partial charge in [-0.25, -0.2) is 4.98 Å². The van der Waals surface area contributed by atoms with Crippen molar-refractivity contribution < 1.29 is 4.79 Å². The summed E-state index contributed by atoms with van der Waals surface area (Å²) in [6, 6.07) is 6.11. The van der Waals surface area contributed by atoms with Crippen molar-refractivity contribution in [2.24, 2.45) is 0 Å². The number of aromatic nitrogens is 2. The predicted molar refractivity (Wildman–Crippen MR) is 85.8 cm³/mol. The van der Waals surface area contributed by atoms with Crippen molar-refractivity contribution in [3.63, 3.8) is 0 Å². The van der Waals surface area contributed by atoms with Gasteiger partial charge in [0.15, 0.2) is 0 Å². The van der Waals surface area contributed by atoms with Gasteiger partial charge in [0.1, 0.15) is 5.82 Å². The summed E-state index contributed by atoms with van der Waals surface area (Å²) in [5.74, 6) is 0.376. The van der Waals surface area contributed by atoms with E-state index in [2.05, 4.69) is 21.4 Å². The fourth-order valence-corrected chi connectivity index (χ4v) is 2.42. The van der Waals surface area contributed by atoms with Gasteiger partial charge in [0.25, 0.3) is 5.56 Å². The molecule has 0 aliphatic carbocycles. The fraction of sp³-hybridized carbons (Fsp3) is 0.353. The third-order valence-corrected chi connectivity index (χ3v) is 3.65. The second kappa shape index (κ2) is 6.56. The van der Waals surface area contributed by atoms with E-state index in [4.69, 9.17) is 0 Å². The van der Waals surface area contributed by atoms with Crippen LogP contribution in [0.4, 0.5) is 0 Å². The van der Waals surface area contributed by atoms with Gasteiger partial charge >= 0.3 is 0 Å².